The smallest absolute Gasteiger partial charge is 0.337 e. The highest BCUT2D eigenvalue weighted by molar-refractivity contribution is 7.99. The fourth-order valence-corrected chi connectivity index (χ4v) is 3.99. The van der Waals surface area contributed by atoms with Crippen molar-refractivity contribution >= 4 is 23.6 Å². The SMILES string of the molecule is COC(=O)c1cccc(CSCC(=O)N[C@@H]2CCC[C@@H](C)[C@@H]2C)c1. The van der Waals surface area contributed by atoms with E-state index in [0.29, 0.717) is 34.9 Å². The van der Waals surface area contributed by atoms with Gasteiger partial charge in [-0.3, -0.25) is 4.79 Å². The van der Waals surface area contributed by atoms with Crippen LogP contribution in [0.1, 0.15) is 49.0 Å². The molecule has 1 saturated carbocycles. The fraction of sp³-hybridized carbons (Fsp3) is 0.579. The molecule has 1 fully saturated rings. The molecule has 0 aromatic heterocycles. The standard InChI is InChI=1S/C19H27NO3S/c1-13-6-4-9-17(14(13)2)20-18(21)12-24-11-15-7-5-8-16(10-15)19(22)23-3/h5,7-8,10,13-14,17H,4,6,9,11-12H2,1-3H3,(H,20,21)/t13-,14+,17-/m1/s1. The molecule has 0 radical (unpaired) electrons. The monoisotopic (exact) mass is 349 g/mol. The van der Waals surface area contributed by atoms with Crippen LogP contribution < -0.4 is 5.32 Å². The lowest BCUT2D eigenvalue weighted by molar-refractivity contribution is -0.120. The lowest BCUT2D eigenvalue weighted by Crippen LogP contribution is -2.44. The first-order chi connectivity index (χ1) is 11.5. The van der Waals surface area contributed by atoms with Crippen LogP contribution in [0.2, 0.25) is 0 Å². The Morgan fingerprint density at radius 1 is 1.29 bits per heavy atom. The fourth-order valence-electron chi connectivity index (χ4n) is 3.20. The quantitative estimate of drug-likeness (QED) is 0.797. The zero-order chi connectivity index (χ0) is 17.5. The van der Waals surface area contributed by atoms with Crippen LogP contribution in [-0.4, -0.2) is 30.8 Å². The average molecular weight is 349 g/mol. The summed E-state index contributed by atoms with van der Waals surface area (Å²) in [7, 11) is 1.38. The Morgan fingerprint density at radius 2 is 2.08 bits per heavy atom. The molecule has 132 valence electrons. The van der Waals surface area contributed by atoms with Gasteiger partial charge in [-0.25, -0.2) is 4.79 Å². The summed E-state index contributed by atoms with van der Waals surface area (Å²) in [6, 6.07) is 7.67. The second kappa shape index (κ2) is 9.11. The van der Waals surface area contributed by atoms with Crippen molar-refractivity contribution in [3.63, 3.8) is 0 Å². The highest BCUT2D eigenvalue weighted by Gasteiger charge is 2.27. The number of rotatable bonds is 6. The van der Waals surface area contributed by atoms with E-state index in [1.54, 1.807) is 17.8 Å². The number of thioether (sulfide) groups is 1. The molecular formula is C19H27NO3S. The minimum atomic E-state index is -0.333. The van der Waals surface area contributed by atoms with Gasteiger partial charge in [-0.15, -0.1) is 11.8 Å². The van der Waals surface area contributed by atoms with E-state index in [2.05, 4.69) is 19.2 Å². The third-order valence-corrected chi connectivity index (χ3v) is 5.91. The molecule has 3 atom stereocenters. The number of nitrogens with one attached hydrogen (secondary N) is 1. The van der Waals surface area contributed by atoms with Crippen LogP contribution in [0.4, 0.5) is 0 Å². The number of esters is 1. The molecule has 5 heteroatoms. The average Bonchev–Trinajstić information content (AvgIpc) is 2.58. The first-order valence-corrected chi connectivity index (χ1v) is 9.71. The van der Waals surface area contributed by atoms with Crippen molar-refractivity contribution in [2.24, 2.45) is 11.8 Å². The summed E-state index contributed by atoms with van der Waals surface area (Å²) in [5.74, 6) is 2.15. The maximum Gasteiger partial charge on any atom is 0.337 e. The second-order valence-electron chi connectivity index (χ2n) is 6.63. The van der Waals surface area contributed by atoms with Crippen molar-refractivity contribution < 1.29 is 14.3 Å². The number of carbonyl (C=O) groups is 2. The molecule has 24 heavy (non-hydrogen) atoms. The minimum absolute atomic E-state index is 0.107. The number of benzene rings is 1. The summed E-state index contributed by atoms with van der Waals surface area (Å²) in [6.45, 7) is 4.51. The Labute approximate surface area is 148 Å². The second-order valence-corrected chi connectivity index (χ2v) is 7.61. The van der Waals surface area contributed by atoms with E-state index in [1.165, 1.54) is 20.0 Å². The predicted octanol–water partition coefficient (Wildman–Crippen LogP) is 3.65. The van der Waals surface area contributed by atoms with E-state index in [9.17, 15) is 9.59 Å². The summed E-state index contributed by atoms with van der Waals surface area (Å²) in [5, 5.41) is 3.19. The third kappa shape index (κ3) is 5.26. The van der Waals surface area contributed by atoms with Crippen LogP contribution in [0.5, 0.6) is 0 Å². The largest absolute Gasteiger partial charge is 0.465 e. The minimum Gasteiger partial charge on any atom is -0.465 e. The first-order valence-electron chi connectivity index (χ1n) is 8.55. The Kier molecular flexibility index (Phi) is 7.16. The Balaban J connectivity index is 1.77. The number of methoxy groups -OCH3 is 1. The van der Waals surface area contributed by atoms with E-state index in [0.717, 1.165) is 12.0 Å². The molecule has 0 unspecified atom stereocenters. The van der Waals surface area contributed by atoms with Crippen LogP contribution in [0, 0.1) is 11.8 Å². The molecule has 0 bridgehead atoms. The maximum absolute atomic E-state index is 12.2. The molecule has 4 nitrogen and oxygen atoms in total. The van der Waals surface area contributed by atoms with Crippen LogP contribution in [0.25, 0.3) is 0 Å². The molecule has 1 aliphatic carbocycles. The van der Waals surface area contributed by atoms with Crippen molar-refractivity contribution in [1.29, 1.82) is 0 Å². The molecule has 1 aromatic carbocycles. The van der Waals surface area contributed by atoms with Crippen LogP contribution >= 0.6 is 11.8 Å². The number of amides is 1. The van der Waals surface area contributed by atoms with Crippen molar-refractivity contribution in [2.75, 3.05) is 12.9 Å². The molecule has 1 amide bonds. The zero-order valence-electron chi connectivity index (χ0n) is 14.7. The van der Waals surface area contributed by atoms with Crippen molar-refractivity contribution in [3.05, 3.63) is 35.4 Å². The van der Waals surface area contributed by atoms with Crippen molar-refractivity contribution in [3.8, 4) is 0 Å². The third-order valence-electron chi connectivity index (χ3n) is 4.90. The van der Waals surface area contributed by atoms with Crippen LogP contribution in [0.3, 0.4) is 0 Å². The Morgan fingerprint density at radius 3 is 2.83 bits per heavy atom. The lowest BCUT2D eigenvalue weighted by atomic mass is 9.78. The highest BCUT2D eigenvalue weighted by Crippen LogP contribution is 2.29. The van der Waals surface area contributed by atoms with E-state index >= 15 is 0 Å². The summed E-state index contributed by atoms with van der Waals surface area (Å²) in [4.78, 5) is 23.7. The van der Waals surface area contributed by atoms with Gasteiger partial charge in [0.25, 0.3) is 0 Å². The maximum atomic E-state index is 12.2. The van der Waals surface area contributed by atoms with Gasteiger partial charge in [-0.05, 0) is 36.0 Å². The van der Waals surface area contributed by atoms with Gasteiger partial charge < -0.3 is 10.1 Å². The number of carbonyl (C=O) groups excluding carboxylic acids is 2. The zero-order valence-corrected chi connectivity index (χ0v) is 15.5. The van der Waals surface area contributed by atoms with Crippen LogP contribution in [0.15, 0.2) is 24.3 Å². The molecule has 1 aromatic rings. The van der Waals surface area contributed by atoms with Gasteiger partial charge in [0.15, 0.2) is 0 Å². The Bertz CT molecular complexity index is 575. The summed E-state index contributed by atoms with van der Waals surface area (Å²) in [5.41, 5.74) is 1.57. The number of ether oxygens (including phenoxy) is 1. The van der Waals surface area contributed by atoms with Crippen LogP contribution in [-0.2, 0) is 15.3 Å². The van der Waals surface area contributed by atoms with Crippen molar-refractivity contribution in [2.45, 2.75) is 44.9 Å². The topological polar surface area (TPSA) is 55.4 Å². The predicted molar refractivity (Wildman–Crippen MR) is 98.1 cm³/mol. The molecule has 0 heterocycles. The molecule has 0 aliphatic heterocycles. The number of hydrogen-bond donors (Lipinski definition) is 1. The first kappa shape index (κ1) is 18.8. The van der Waals surface area contributed by atoms with Crippen molar-refractivity contribution in [1.82, 2.24) is 5.32 Å². The molecular weight excluding hydrogens is 322 g/mol. The van der Waals surface area contributed by atoms with Gasteiger partial charge in [0, 0.05) is 11.8 Å². The molecule has 0 spiro atoms. The van der Waals surface area contributed by atoms with Gasteiger partial charge in [-0.1, -0.05) is 38.8 Å². The van der Waals surface area contributed by atoms with E-state index in [4.69, 9.17) is 4.74 Å². The Hall–Kier alpha value is -1.49. The highest BCUT2D eigenvalue weighted by atomic mass is 32.2. The lowest BCUT2D eigenvalue weighted by Gasteiger charge is -2.34. The summed E-state index contributed by atoms with van der Waals surface area (Å²) < 4.78 is 4.73. The molecule has 2 rings (SSSR count). The summed E-state index contributed by atoms with van der Waals surface area (Å²) >= 11 is 1.57. The number of hydrogen-bond acceptors (Lipinski definition) is 4. The van der Waals surface area contributed by atoms with Gasteiger partial charge in [0.05, 0.1) is 18.4 Å². The normalized spacial score (nSPS) is 23.5. The van der Waals surface area contributed by atoms with E-state index in [1.807, 2.05) is 18.2 Å². The van der Waals surface area contributed by atoms with E-state index in [-0.39, 0.29) is 11.9 Å². The van der Waals surface area contributed by atoms with Gasteiger partial charge in [0.2, 0.25) is 5.91 Å². The van der Waals surface area contributed by atoms with Gasteiger partial charge in [-0.2, -0.15) is 0 Å². The molecule has 1 N–H and O–H groups in total. The molecule has 0 saturated heterocycles. The van der Waals surface area contributed by atoms with Gasteiger partial charge >= 0.3 is 5.97 Å². The summed E-state index contributed by atoms with van der Waals surface area (Å²) in [6.07, 6.45) is 3.55. The van der Waals surface area contributed by atoms with Gasteiger partial charge in [0.1, 0.15) is 0 Å². The molecule has 1 aliphatic rings. The van der Waals surface area contributed by atoms with E-state index < -0.39 is 0 Å².